The van der Waals surface area contributed by atoms with Crippen molar-refractivity contribution in [1.82, 2.24) is 0 Å². The van der Waals surface area contributed by atoms with Crippen molar-refractivity contribution in [3.05, 3.63) is 60.7 Å². The molecule has 3 heteroatoms. The van der Waals surface area contributed by atoms with Gasteiger partial charge in [-0.05, 0) is 23.9 Å². The molecular formula is C20H24NOP. The lowest BCUT2D eigenvalue weighted by molar-refractivity contribution is 0.235. The fourth-order valence-corrected chi connectivity index (χ4v) is 4.81. The number of benzene rings is 2. The summed E-state index contributed by atoms with van der Waals surface area (Å²) >= 11 is 0. The first-order chi connectivity index (χ1) is 11.0. The van der Waals surface area contributed by atoms with E-state index in [0.717, 1.165) is 12.1 Å². The van der Waals surface area contributed by atoms with Gasteiger partial charge in [0.05, 0.1) is 12.2 Å². The molecule has 0 N–H and O–H groups in total. The van der Waals surface area contributed by atoms with Gasteiger partial charge in [0, 0.05) is 0 Å². The zero-order chi connectivity index (χ0) is 16.3. The van der Waals surface area contributed by atoms with E-state index in [9.17, 15) is 0 Å². The van der Waals surface area contributed by atoms with Gasteiger partial charge in [-0.15, -0.1) is 0 Å². The summed E-state index contributed by atoms with van der Waals surface area (Å²) in [6.07, 6.45) is 0.885. The van der Waals surface area contributed by atoms with Crippen molar-refractivity contribution in [3.8, 4) is 0 Å². The first-order valence-electron chi connectivity index (χ1n) is 8.11. The van der Waals surface area contributed by atoms with Crippen LogP contribution < -0.4 is 10.6 Å². The Kier molecular flexibility index (Phi) is 4.82. The van der Waals surface area contributed by atoms with Gasteiger partial charge in [0.1, 0.15) is 6.61 Å². The van der Waals surface area contributed by atoms with Crippen LogP contribution in [0.4, 0.5) is 0 Å². The molecular weight excluding hydrogens is 301 g/mol. The highest BCUT2D eigenvalue weighted by molar-refractivity contribution is 7.73. The van der Waals surface area contributed by atoms with Gasteiger partial charge in [-0.2, -0.15) is 0 Å². The highest BCUT2D eigenvalue weighted by Gasteiger charge is 2.31. The summed E-state index contributed by atoms with van der Waals surface area (Å²) in [4.78, 5) is 4.86. The van der Waals surface area contributed by atoms with Gasteiger partial charge < -0.3 is 4.74 Å². The zero-order valence-electron chi connectivity index (χ0n) is 14.1. The predicted molar refractivity (Wildman–Crippen MR) is 101 cm³/mol. The van der Waals surface area contributed by atoms with Crippen LogP contribution in [0.1, 0.15) is 20.8 Å². The van der Waals surface area contributed by atoms with E-state index in [4.69, 9.17) is 9.73 Å². The van der Waals surface area contributed by atoms with Gasteiger partial charge in [0.25, 0.3) is 0 Å². The number of nitrogens with zero attached hydrogens (tertiary/aromatic N) is 1. The summed E-state index contributed by atoms with van der Waals surface area (Å²) < 4.78 is 5.93. The molecule has 1 aliphatic rings. The van der Waals surface area contributed by atoms with Crippen molar-refractivity contribution in [2.45, 2.75) is 26.8 Å². The lowest BCUT2D eigenvalue weighted by Crippen LogP contribution is -2.25. The van der Waals surface area contributed by atoms with Crippen molar-refractivity contribution < 1.29 is 4.74 Å². The van der Waals surface area contributed by atoms with Crippen molar-refractivity contribution in [3.63, 3.8) is 0 Å². The first kappa shape index (κ1) is 16.2. The maximum Gasteiger partial charge on any atom is 0.188 e. The lowest BCUT2D eigenvalue weighted by atomic mass is 9.88. The molecule has 0 amide bonds. The summed E-state index contributed by atoms with van der Waals surface area (Å²) in [5, 5.41) is 2.75. The number of hydrogen-bond donors (Lipinski definition) is 0. The maximum absolute atomic E-state index is 5.93. The zero-order valence-corrected chi connectivity index (χ0v) is 15.0. The molecule has 1 aliphatic heterocycles. The van der Waals surface area contributed by atoms with Crippen molar-refractivity contribution in [1.29, 1.82) is 0 Å². The summed E-state index contributed by atoms with van der Waals surface area (Å²) in [6.45, 7) is 7.39. The fourth-order valence-electron chi connectivity index (χ4n) is 2.64. The maximum atomic E-state index is 5.93. The molecule has 0 unspecified atom stereocenters. The molecule has 0 aliphatic carbocycles. The normalized spacial score (nSPS) is 17.9. The Morgan fingerprint density at radius 1 is 0.957 bits per heavy atom. The molecule has 3 rings (SSSR count). The molecule has 2 aromatic carbocycles. The molecule has 2 nitrogen and oxygen atoms in total. The molecule has 0 radical (unpaired) electrons. The van der Waals surface area contributed by atoms with E-state index in [0.29, 0.717) is 6.61 Å². The molecule has 23 heavy (non-hydrogen) atoms. The SMILES string of the molecule is CC(C)(C)[C@H]1COC(CP(c2ccccc2)c2ccccc2)=N1. The first-order valence-corrected chi connectivity index (χ1v) is 9.64. The second kappa shape index (κ2) is 6.84. The highest BCUT2D eigenvalue weighted by atomic mass is 31.1. The quantitative estimate of drug-likeness (QED) is 0.780. The standard InChI is InChI=1S/C20H24NOP/c1-20(2,3)18-14-22-19(21-18)15-23(16-10-6-4-7-11-16)17-12-8-5-9-13-17/h4-13,18H,14-15H2,1-3H3/t18-/m1/s1. The third-order valence-electron chi connectivity index (χ3n) is 4.14. The smallest absolute Gasteiger partial charge is 0.188 e. The Bertz CT molecular complexity index is 622. The van der Waals surface area contributed by atoms with Crippen molar-refractivity contribution in [2.24, 2.45) is 10.4 Å². The molecule has 0 saturated heterocycles. The predicted octanol–water partition coefficient (Wildman–Crippen LogP) is 3.96. The Labute approximate surface area is 140 Å². The van der Waals surface area contributed by atoms with E-state index in [1.54, 1.807) is 0 Å². The second-order valence-electron chi connectivity index (χ2n) is 6.97. The minimum Gasteiger partial charge on any atom is -0.478 e. The van der Waals surface area contributed by atoms with Crippen LogP contribution in [-0.4, -0.2) is 24.7 Å². The summed E-state index contributed by atoms with van der Waals surface area (Å²) in [6, 6.07) is 21.7. The number of hydrogen-bond acceptors (Lipinski definition) is 2. The van der Waals surface area contributed by atoms with E-state index in [2.05, 4.69) is 81.4 Å². The minimum absolute atomic E-state index is 0.157. The summed E-state index contributed by atoms with van der Waals surface area (Å²) in [5.74, 6) is 0.920. The molecule has 120 valence electrons. The average Bonchev–Trinajstić information content (AvgIpc) is 3.03. The molecule has 1 atom stereocenters. The molecule has 0 bridgehead atoms. The topological polar surface area (TPSA) is 21.6 Å². The third kappa shape index (κ3) is 4.00. The molecule has 0 spiro atoms. The lowest BCUT2D eigenvalue weighted by Gasteiger charge is -2.22. The van der Waals surface area contributed by atoms with Gasteiger partial charge in [0.2, 0.25) is 0 Å². The van der Waals surface area contributed by atoms with Crippen LogP contribution >= 0.6 is 7.92 Å². The van der Waals surface area contributed by atoms with Gasteiger partial charge in [-0.25, -0.2) is 4.99 Å². The van der Waals surface area contributed by atoms with Crippen LogP contribution in [-0.2, 0) is 4.74 Å². The van der Waals surface area contributed by atoms with Crippen LogP contribution in [0.25, 0.3) is 0 Å². The van der Waals surface area contributed by atoms with Crippen LogP contribution in [0.3, 0.4) is 0 Å². The average molecular weight is 325 g/mol. The Hall–Kier alpha value is -1.66. The largest absolute Gasteiger partial charge is 0.478 e. The van der Waals surface area contributed by atoms with E-state index >= 15 is 0 Å². The monoisotopic (exact) mass is 325 g/mol. The van der Waals surface area contributed by atoms with E-state index in [1.807, 2.05) is 0 Å². The van der Waals surface area contributed by atoms with Crippen LogP contribution in [0, 0.1) is 5.41 Å². The summed E-state index contributed by atoms with van der Waals surface area (Å²) in [5.41, 5.74) is 0.157. The molecule has 0 fully saturated rings. The Morgan fingerprint density at radius 3 is 1.91 bits per heavy atom. The number of aliphatic imine (C=N–C) groups is 1. The molecule has 2 aromatic rings. The molecule has 0 saturated carbocycles. The van der Waals surface area contributed by atoms with Gasteiger partial charge in [-0.3, -0.25) is 0 Å². The number of ether oxygens (including phenoxy) is 1. The van der Waals surface area contributed by atoms with E-state index in [-0.39, 0.29) is 11.5 Å². The molecule has 1 heterocycles. The van der Waals surface area contributed by atoms with Gasteiger partial charge in [-0.1, -0.05) is 81.4 Å². The number of rotatable bonds is 4. The fraction of sp³-hybridized carbons (Fsp3) is 0.350. The minimum atomic E-state index is -0.473. The van der Waals surface area contributed by atoms with Gasteiger partial charge >= 0.3 is 0 Å². The van der Waals surface area contributed by atoms with Crippen LogP contribution in [0.5, 0.6) is 0 Å². The van der Waals surface area contributed by atoms with Crippen molar-refractivity contribution >= 4 is 24.4 Å². The second-order valence-corrected chi connectivity index (χ2v) is 9.18. The summed E-state index contributed by atoms with van der Waals surface area (Å²) in [7, 11) is -0.473. The third-order valence-corrected chi connectivity index (χ3v) is 6.57. The Balaban J connectivity index is 1.86. The molecule has 0 aromatic heterocycles. The Morgan fingerprint density at radius 2 is 1.48 bits per heavy atom. The van der Waals surface area contributed by atoms with E-state index in [1.165, 1.54) is 10.6 Å². The van der Waals surface area contributed by atoms with Crippen molar-refractivity contribution in [2.75, 3.05) is 12.8 Å². The van der Waals surface area contributed by atoms with Crippen LogP contribution in [0.2, 0.25) is 0 Å². The van der Waals surface area contributed by atoms with Gasteiger partial charge in [0.15, 0.2) is 5.90 Å². The van der Waals surface area contributed by atoms with Crippen LogP contribution in [0.15, 0.2) is 65.7 Å². The highest BCUT2D eigenvalue weighted by Crippen LogP contribution is 2.35. The van der Waals surface area contributed by atoms with E-state index < -0.39 is 7.92 Å².